The second-order valence-electron chi connectivity index (χ2n) is 13.2. The summed E-state index contributed by atoms with van der Waals surface area (Å²) in [5.74, 6) is 0. The van der Waals surface area contributed by atoms with Crippen LogP contribution in [0.3, 0.4) is 0 Å². The van der Waals surface area contributed by atoms with Crippen LogP contribution >= 0.6 is 0 Å². The summed E-state index contributed by atoms with van der Waals surface area (Å²) in [4.78, 5) is 4.55. The lowest BCUT2D eigenvalue weighted by molar-refractivity contribution is 0.666. The Morgan fingerprint density at radius 2 is 1.02 bits per heavy atom. The van der Waals surface area contributed by atoms with Gasteiger partial charge in [-0.05, 0) is 82.9 Å². The number of benzene rings is 7. The van der Waals surface area contributed by atoms with Gasteiger partial charge in [-0.3, -0.25) is 4.98 Å². The summed E-state index contributed by atoms with van der Waals surface area (Å²) >= 11 is 0. The van der Waals surface area contributed by atoms with Crippen molar-refractivity contribution < 1.29 is 4.42 Å². The van der Waals surface area contributed by atoms with Gasteiger partial charge in [0.25, 0.3) is 0 Å². The third kappa shape index (κ3) is 4.17. The van der Waals surface area contributed by atoms with Gasteiger partial charge in [0.05, 0.1) is 34.0 Å². The highest BCUT2D eigenvalue weighted by atomic mass is 16.3. The first-order valence-electron chi connectivity index (χ1n) is 17.3. The van der Waals surface area contributed by atoms with E-state index in [0.29, 0.717) is 0 Å². The number of hydrogen-bond acceptors (Lipinski definition) is 2. The van der Waals surface area contributed by atoms with E-state index in [-0.39, 0.29) is 0 Å². The highest BCUT2D eigenvalue weighted by molar-refractivity contribution is 6.14. The van der Waals surface area contributed by atoms with Crippen molar-refractivity contribution in [3.63, 3.8) is 0 Å². The monoisotopic (exact) mass is 651 g/mol. The molecule has 4 aromatic heterocycles. The number of rotatable bonds is 4. The van der Waals surface area contributed by atoms with Crippen molar-refractivity contribution in [2.24, 2.45) is 0 Å². The largest absolute Gasteiger partial charge is 0.454 e. The van der Waals surface area contributed by atoms with Gasteiger partial charge >= 0.3 is 0 Å². The second kappa shape index (κ2) is 10.8. The van der Waals surface area contributed by atoms with Gasteiger partial charge in [-0.15, -0.1) is 0 Å². The predicted molar refractivity (Wildman–Crippen MR) is 211 cm³/mol. The zero-order valence-corrected chi connectivity index (χ0v) is 27.5. The molecule has 7 aromatic carbocycles. The van der Waals surface area contributed by atoms with Gasteiger partial charge in [-0.1, -0.05) is 103 Å². The topological polar surface area (TPSA) is 35.9 Å². The third-order valence-corrected chi connectivity index (χ3v) is 10.4. The molecule has 0 aliphatic heterocycles. The molecule has 0 aliphatic rings. The number of para-hydroxylation sites is 3. The molecule has 0 aliphatic carbocycles. The van der Waals surface area contributed by atoms with Crippen molar-refractivity contribution in [2.45, 2.75) is 0 Å². The number of fused-ring (bicyclic) bond motifs is 9. The molecule has 4 heterocycles. The van der Waals surface area contributed by atoms with Crippen molar-refractivity contribution in [1.29, 1.82) is 0 Å². The number of furan rings is 1. The summed E-state index contributed by atoms with van der Waals surface area (Å²) in [6.07, 6.45) is 3.87. The third-order valence-electron chi connectivity index (χ3n) is 10.4. The fourth-order valence-corrected chi connectivity index (χ4v) is 8.10. The molecule has 11 rings (SSSR count). The lowest BCUT2D eigenvalue weighted by Crippen LogP contribution is -1.95. The lowest BCUT2D eigenvalue weighted by Gasteiger charge is -2.11. The van der Waals surface area contributed by atoms with E-state index in [0.717, 1.165) is 55.4 Å². The molecule has 4 nitrogen and oxygen atoms in total. The summed E-state index contributed by atoms with van der Waals surface area (Å²) in [5.41, 5.74) is 13.3. The Labute approximate surface area is 293 Å². The van der Waals surface area contributed by atoms with E-state index in [1.807, 2.05) is 24.5 Å². The van der Waals surface area contributed by atoms with Gasteiger partial charge in [0, 0.05) is 44.2 Å². The Morgan fingerprint density at radius 1 is 0.392 bits per heavy atom. The number of hydrogen-bond donors (Lipinski definition) is 0. The van der Waals surface area contributed by atoms with Crippen LogP contribution in [0.2, 0.25) is 0 Å². The van der Waals surface area contributed by atoms with Crippen molar-refractivity contribution in [2.75, 3.05) is 0 Å². The molecule has 0 bridgehead atoms. The molecule has 238 valence electrons. The van der Waals surface area contributed by atoms with E-state index in [1.165, 1.54) is 43.8 Å². The SMILES string of the molecule is c1ccc(-c2cccc(-n3c4ccc(-c5ccc6c(c5)c5ccccc5n6-c5cccc6c5oc5ccccc56)cc4c4ccncc43)c2)cc1. The maximum atomic E-state index is 6.51. The van der Waals surface area contributed by atoms with Crippen molar-refractivity contribution in [3.8, 4) is 33.6 Å². The normalized spacial score (nSPS) is 11.9. The van der Waals surface area contributed by atoms with E-state index < -0.39 is 0 Å². The standard InChI is InChI=1S/C47H29N3O/c1-2-10-30(11-3-1)31-12-8-13-34(26-31)49-42-22-20-32(28-40(42)36-24-25-48-29-45(36)49)33-21-23-43-39(27-33)35-14-4-6-17-41(35)50(43)44-18-9-16-38-37-15-5-7-19-46(37)51-47(38)44/h1-29H. The number of nitrogens with zero attached hydrogens (tertiary/aromatic N) is 3. The average Bonchev–Trinajstić information content (AvgIpc) is 3.86. The first-order chi connectivity index (χ1) is 25.3. The van der Waals surface area contributed by atoms with Crippen LogP contribution in [-0.4, -0.2) is 14.1 Å². The first kappa shape index (κ1) is 28.0. The molecule has 0 saturated heterocycles. The summed E-state index contributed by atoms with van der Waals surface area (Å²) in [5, 5.41) is 7.07. The molecule has 0 amide bonds. The van der Waals surface area contributed by atoms with Gasteiger partial charge in [-0.25, -0.2) is 0 Å². The Balaban J connectivity index is 1.09. The van der Waals surface area contributed by atoms with Crippen molar-refractivity contribution >= 4 is 65.6 Å². The van der Waals surface area contributed by atoms with E-state index in [4.69, 9.17) is 4.42 Å². The smallest absolute Gasteiger partial charge is 0.159 e. The highest BCUT2D eigenvalue weighted by Gasteiger charge is 2.19. The van der Waals surface area contributed by atoms with Crippen LogP contribution in [0.1, 0.15) is 0 Å². The van der Waals surface area contributed by atoms with Crippen LogP contribution < -0.4 is 0 Å². The second-order valence-corrected chi connectivity index (χ2v) is 13.2. The summed E-state index contributed by atoms with van der Waals surface area (Å²) in [7, 11) is 0. The maximum absolute atomic E-state index is 6.51. The van der Waals surface area contributed by atoms with E-state index in [2.05, 4.69) is 166 Å². The Kier molecular flexibility index (Phi) is 5.92. The number of pyridine rings is 1. The zero-order chi connectivity index (χ0) is 33.5. The molecular weight excluding hydrogens is 623 g/mol. The average molecular weight is 652 g/mol. The molecule has 0 radical (unpaired) electrons. The summed E-state index contributed by atoms with van der Waals surface area (Å²) in [6, 6.07) is 58.6. The van der Waals surface area contributed by atoms with Gasteiger partial charge < -0.3 is 13.6 Å². The zero-order valence-electron chi connectivity index (χ0n) is 27.5. The Morgan fingerprint density at radius 3 is 1.86 bits per heavy atom. The van der Waals surface area contributed by atoms with Crippen LogP contribution in [0.5, 0.6) is 0 Å². The van der Waals surface area contributed by atoms with E-state index in [1.54, 1.807) is 0 Å². The van der Waals surface area contributed by atoms with Crippen LogP contribution in [0.25, 0.3) is 99.2 Å². The van der Waals surface area contributed by atoms with Gasteiger partial charge in [0.2, 0.25) is 0 Å². The van der Waals surface area contributed by atoms with Crippen molar-refractivity contribution in [3.05, 3.63) is 176 Å². The van der Waals surface area contributed by atoms with E-state index >= 15 is 0 Å². The molecule has 0 spiro atoms. The van der Waals surface area contributed by atoms with Crippen LogP contribution in [-0.2, 0) is 0 Å². The van der Waals surface area contributed by atoms with Crippen LogP contribution in [0.15, 0.2) is 181 Å². The molecule has 0 fully saturated rings. The van der Waals surface area contributed by atoms with Crippen LogP contribution in [0, 0.1) is 0 Å². The quantitative estimate of drug-likeness (QED) is 0.190. The van der Waals surface area contributed by atoms with Crippen molar-refractivity contribution in [1.82, 2.24) is 14.1 Å². The molecule has 11 aromatic rings. The van der Waals surface area contributed by atoms with Gasteiger partial charge in [0.15, 0.2) is 5.58 Å². The predicted octanol–water partition coefficient (Wildman–Crippen LogP) is 12.5. The summed E-state index contributed by atoms with van der Waals surface area (Å²) in [6.45, 7) is 0. The molecule has 0 N–H and O–H groups in total. The van der Waals surface area contributed by atoms with E-state index in [9.17, 15) is 0 Å². The Bertz CT molecular complexity index is 3140. The fourth-order valence-electron chi connectivity index (χ4n) is 8.10. The lowest BCUT2D eigenvalue weighted by atomic mass is 10.0. The molecule has 51 heavy (non-hydrogen) atoms. The highest BCUT2D eigenvalue weighted by Crippen LogP contribution is 2.40. The minimum Gasteiger partial charge on any atom is -0.454 e. The van der Waals surface area contributed by atoms with Gasteiger partial charge in [0.1, 0.15) is 5.58 Å². The first-order valence-corrected chi connectivity index (χ1v) is 17.3. The molecule has 0 atom stereocenters. The van der Waals surface area contributed by atoms with Crippen LogP contribution in [0.4, 0.5) is 0 Å². The maximum Gasteiger partial charge on any atom is 0.159 e. The minimum absolute atomic E-state index is 0.899. The number of aromatic nitrogens is 3. The molecule has 0 unspecified atom stereocenters. The molecule has 0 saturated carbocycles. The minimum atomic E-state index is 0.899. The Hall–Kier alpha value is -6.91. The fraction of sp³-hybridized carbons (Fsp3) is 0. The summed E-state index contributed by atoms with van der Waals surface area (Å²) < 4.78 is 11.2. The van der Waals surface area contributed by atoms with Gasteiger partial charge in [-0.2, -0.15) is 0 Å². The molecular formula is C47H29N3O. The molecule has 4 heteroatoms.